The van der Waals surface area contributed by atoms with Crippen LogP contribution in [0.3, 0.4) is 0 Å². The van der Waals surface area contributed by atoms with E-state index < -0.39 is 17.7 Å². The number of amides is 3. The van der Waals surface area contributed by atoms with Gasteiger partial charge in [0.25, 0.3) is 0 Å². The first-order valence-electron chi connectivity index (χ1n) is 15.9. The van der Waals surface area contributed by atoms with Gasteiger partial charge in [0.05, 0.1) is 12.5 Å². The van der Waals surface area contributed by atoms with Crippen LogP contribution in [0.25, 0.3) is 0 Å². The van der Waals surface area contributed by atoms with Crippen molar-refractivity contribution in [3.05, 3.63) is 65.5 Å². The zero-order valence-corrected chi connectivity index (χ0v) is 25.2. The second kappa shape index (κ2) is 14.0. The predicted molar refractivity (Wildman–Crippen MR) is 164 cm³/mol. The topological polar surface area (TPSA) is 102 Å². The summed E-state index contributed by atoms with van der Waals surface area (Å²) < 4.78 is 13.1. The van der Waals surface area contributed by atoms with E-state index in [0.717, 1.165) is 56.1 Å². The van der Waals surface area contributed by atoms with Crippen LogP contribution >= 0.6 is 0 Å². The number of anilines is 1. The summed E-state index contributed by atoms with van der Waals surface area (Å²) >= 11 is 0. The molecule has 2 aromatic carbocycles. The van der Waals surface area contributed by atoms with Crippen molar-refractivity contribution in [1.82, 2.24) is 15.1 Å². The van der Waals surface area contributed by atoms with Crippen molar-refractivity contribution in [2.75, 3.05) is 25.0 Å². The molecular formula is C34H45FN4O4. The molecule has 2 aliphatic heterocycles. The Morgan fingerprint density at radius 2 is 1.67 bits per heavy atom. The molecule has 2 atom stereocenters. The average Bonchev–Trinajstić information content (AvgIpc) is 3.02. The SMILES string of the molecule is CCCCN1C(=O)[C@@H]([C@H](O)C2CCCCC2)NC(=O)C12CCN(Cc1ccc(NC(=O)Cc3ccc(F)cc3)cc1)CC2. The normalized spacial score (nSPS) is 21.9. The number of aliphatic hydroxyl groups excluding tert-OH is 1. The molecule has 1 aliphatic carbocycles. The van der Waals surface area contributed by atoms with Gasteiger partial charge in [0.15, 0.2) is 0 Å². The fourth-order valence-corrected chi connectivity index (χ4v) is 6.98. The molecule has 43 heavy (non-hydrogen) atoms. The standard InChI is InChI=1S/C34H45FN4O4/c1-2-3-19-39-32(42)30(31(41)26-7-5-4-6-8-26)37-33(43)34(39)17-20-38(21-18-34)23-25-11-15-28(16-12-25)36-29(40)22-24-9-13-27(35)14-10-24/h9-16,26,30-31,41H,2-8,17-23H2,1H3,(H,36,40)(H,37,43)/t30-,31-/m1/s1. The van der Waals surface area contributed by atoms with Gasteiger partial charge in [-0.25, -0.2) is 4.39 Å². The molecule has 232 valence electrons. The van der Waals surface area contributed by atoms with E-state index in [0.29, 0.717) is 44.7 Å². The first-order valence-corrected chi connectivity index (χ1v) is 15.9. The van der Waals surface area contributed by atoms with Gasteiger partial charge in [0.2, 0.25) is 17.7 Å². The van der Waals surface area contributed by atoms with Gasteiger partial charge in [-0.3, -0.25) is 19.3 Å². The van der Waals surface area contributed by atoms with Crippen molar-refractivity contribution >= 4 is 23.4 Å². The Bertz CT molecular complexity index is 1250. The zero-order chi connectivity index (χ0) is 30.4. The number of piperidine rings is 1. The Morgan fingerprint density at radius 3 is 2.33 bits per heavy atom. The highest BCUT2D eigenvalue weighted by Gasteiger charge is 2.55. The molecular weight excluding hydrogens is 547 g/mol. The maximum absolute atomic E-state index is 13.8. The molecule has 0 aromatic heterocycles. The van der Waals surface area contributed by atoms with E-state index in [1.54, 1.807) is 12.1 Å². The molecule has 2 heterocycles. The lowest BCUT2D eigenvalue weighted by molar-refractivity contribution is -0.166. The molecule has 9 heteroatoms. The first kappa shape index (κ1) is 31.1. The Labute approximate surface area is 254 Å². The minimum Gasteiger partial charge on any atom is -0.390 e. The summed E-state index contributed by atoms with van der Waals surface area (Å²) in [5.41, 5.74) is 1.66. The molecule has 0 radical (unpaired) electrons. The van der Waals surface area contributed by atoms with E-state index in [-0.39, 0.29) is 35.9 Å². The minimum absolute atomic E-state index is 0.0569. The van der Waals surface area contributed by atoms with E-state index >= 15 is 0 Å². The second-order valence-corrected chi connectivity index (χ2v) is 12.5. The summed E-state index contributed by atoms with van der Waals surface area (Å²) in [5.74, 6) is -0.685. The minimum atomic E-state index is -0.871. The maximum atomic E-state index is 13.8. The third-order valence-corrected chi connectivity index (χ3v) is 9.57. The van der Waals surface area contributed by atoms with Gasteiger partial charge in [-0.1, -0.05) is 56.9 Å². The Balaban J connectivity index is 1.17. The van der Waals surface area contributed by atoms with Gasteiger partial charge in [-0.2, -0.15) is 0 Å². The molecule has 2 aromatic rings. The molecule has 3 amide bonds. The highest BCUT2D eigenvalue weighted by Crippen LogP contribution is 2.36. The number of carbonyl (C=O) groups is 3. The summed E-state index contributed by atoms with van der Waals surface area (Å²) in [4.78, 5) is 44.1. The average molecular weight is 593 g/mol. The number of nitrogens with one attached hydrogen (secondary N) is 2. The Hall–Kier alpha value is -3.30. The lowest BCUT2D eigenvalue weighted by Gasteiger charge is -2.52. The number of halogens is 1. The monoisotopic (exact) mass is 592 g/mol. The highest BCUT2D eigenvalue weighted by molar-refractivity contribution is 6.00. The summed E-state index contributed by atoms with van der Waals surface area (Å²) in [6.07, 6.45) is 7.27. The number of hydrogen-bond donors (Lipinski definition) is 3. The number of piperazine rings is 1. The van der Waals surface area contributed by atoms with Crippen LogP contribution in [-0.2, 0) is 27.3 Å². The van der Waals surface area contributed by atoms with Gasteiger partial charge in [-0.15, -0.1) is 0 Å². The molecule has 3 aliphatic rings. The van der Waals surface area contributed by atoms with E-state index in [1.165, 1.54) is 12.1 Å². The Morgan fingerprint density at radius 1 is 1.02 bits per heavy atom. The van der Waals surface area contributed by atoms with Crippen LogP contribution in [0.4, 0.5) is 10.1 Å². The van der Waals surface area contributed by atoms with E-state index in [9.17, 15) is 23.9 Å². The van der Waals surface area contributed by atoms with Crippen LogP contribution in [0, 0.1) is 11.7 Å². The van der Waals surface area contributed by atoms with Crippen LogP contribution in [0.5, 0.6) is 0 Å². The number of nitrogens with zero attached hydrogens (tertiary/aromatic N) is 2. The number of likely N-dealkylation sites (tertiary alicyclic amines) is 1. The molecule has 0 unspecified atom stereocenters. The van der Waals surface area contributed by atoms with E-state index in [2.05, 4.69) is 22.5 Å². The van der Waals surface area contributed by atoms with Gasteiger partial charge < -0.3 is 20.6 Å². The molecule has 8 nitrogen and oxygen atoms in total. The quantitative estimate of drug-likeness (QED) is 0.380. The van der Waals surface area contributed by atoms with Gasteiger partial charge >= 0.3 is 0 Å². The number of rotatable bonds is 10. The molecule has 0 bridgehead atoms. The van der Waals surface area contributed by atoms with Crippen molar-refractivity contribution in [1.29, 1.82) is 0 Å². The number of carbonyl (C=O) groups excluding carboxylic acids is 3. The largest absolute Gasteiger partial charge is 0.390 e. The fraction of sp³-hybridized carbons (Fsp3) is 0.559. The van der Waals surface area contributed by atoms with Gasteiger partial charge in [-0.05, 0) is 73.4 Å². The first-order chi connectivity index (χ1) is 20.8. The lowest BCUT2D eigenvalue weighted by atomic mass is 9.78. The Kier molecular flexibility index (Phi) is 10.1. The smallest absolute Gasteiger partial charge is 0.248 e. The number of benzene rings is 2. The van der Waals surface area contributed by atoms with Crippen molar-refractivity contribution in [3.63, 3.8) is 0 Å². The molecule has 3 N–H and O–H groups in total. The van der Waals surface area contributed by atoms with Gasteiger partial charge in [0, 0.05) is 31.9 Å². The number of unbranched alkanes of at least 4 members (excludes halogenated alkanes) is 1. The summed E-state index contributed by atoms with van der Waals surface area (Å²) in [6.45, 7) is 4.67. The predicted octanol–water partition coefficient (Wildman–Crippen LogP) is 4.41. The van der Waals surface area contributed by atoms with Crippen molar-refractivity contribution < 1.29 is 23.9 Å². The third-order valence-electron chi connectivity index (χ3n) is 9.57. The van der Waals surface area contributed by atoms with Crippen LogP contribution in [0.2, 0.25) is 0 Å². The van der Waals surface area contributed by atoms with Crippen molar-refractivity contribution in [2.45, 2.75) is 95.4 Å². The third kappa shape index (κ3) is 7.27. The van der Waals surface area contributed by atoms with Crippen LogP contribution in [-0.4, -0.2) is 69.9 Å². The lowest BCUT2D eigenvalue weighted by Crippen LogP contribution is -2.75. The molecule has 3 fully saturated rings. The summed E-state index contributed by atoms with van der Waals surface area (Å²) in [6, 6.07) is 12.8. The number of aliphatic hydroxyl groups is 1. The zero-order valence-electron chi connectivity index (χ0n) is 25.2. The molecule has 1 saturated carbocycles. The van der Waals surface area contributed by atoms with Crippen molar-refractivity contribution in [2.24, 2.45) is 5.92 Å². The van der Waals surface area contributed by atoms with Crippen LogP contribution in [0.15, 0.2) is 48.5 Å². The summed E-state index contributed by atoms with van der Waals surface area (Å²) in [5, 5.41) is 17.0. The molecule has 2 saturated heterocycles. The number of hydrogen-bond acceptors (Lipinski definition) is 5. The maximum Gasteiger partial charge on any atom is 0.248 e. The van der Waals surface area contributed by atoms with Crippen molar-refractivity contribution in [3.8, 4) is 0 Å². The highest BCUT2D eigenvalue weighted by atomic mass is 19.1. The second-order valence-electron chi connectivity index (χ2n) is 12.5. The van der Waals surface area contributed by atoms with Gasteiger partial charge in [0.1, 0.15) is 17.4 Å². The van der Waals surface area contributed by atoms with Crippen LogP contribution < -0.4 is 10.6 Å². The molecule has 5 rings (SSSR count). The molecule has 1 spiro atoms. The fourth-order valence-electron chi connectivity index (χ4n) is 6.98. The summed E-state index contributed by atoms with van der Waals surface area (Å²) in [7, 11) is 0. The van der Waals surface area contributed by atoms with E-state index in [4.69, 9.17) is 0 Å². The van der Waals surface area contributed by atoms with E-state index in [1.807, 2.05) is 29.2 Å². The van der Waals surface area contributed by atoms with Crippen LogP contribution in [0.1, 0.15) is 75.8 Å².